The maximum Gasteiger partial charge on any atom is 0.120 e. The number of halogens is 2. The quantitative estimate of drug-likeness (QED) is 0.629. The predicted octanol–water partition coefficient (Wildman–Crippen LogP) is 3.79. The van der Waals surface area contributed by atoms with Crippen molar-refractivity contribution in [3.8, 4) is 0 Å². The molecule has 0 radical (unpaired) electrons. The van der Waals surface area contributed by atoms with Crippen LogP contribution in [0.25, 0.3) is 0 Å². The van der Waals surface area contributed by atoms with Gasteiger partial charge in [-0.2, -0.15) is 0 Å². The van der Waals surface area contributed by atoms with Crippen LogP contribution in [-0.2, 0) is 0 Å². The van der Waals surface area contributed by atoms with Gasteiger partial charge < -0.3 is 0 Å². The summed E-state index contributed by atoms with van der Waals surface area (Å²) in [6, 6.07) is 0. The predicted molar refractivity (Wildman–Crippen MR) is 49.1 cm³/mol. The largest absolute Gasteiger partial charge is 0.207 e. The second kappa shape index (κ2) is 3.53. The Morgan fingerprint density at radius 1 is 1.64 bits per heavy atom. The zero-order valence-corrected chi connectivity index (χ0v) is 8.36. The van der Waals surface area contributed by atoms with Crippen molar-refractivity contribution in [1.29, 1.82) is 0 Å². The highest BCUT2D eigenvalue weighted by Gasteiger charge is 2.18. The first-order chi connectivity index (χ1) is 5.11. The zero-order chi connectivity index (χ0) is 8.43. The molecule has 0 aliphatic heterocycles. The fourth-order valence-corrected chi connectivity index (χ4v) is 2.17. The lowest BCUT2D eigenvalue weighted by Crippen LogP contribution is -2.10. The van der Waals surface area contributed by atoms with Gasteiger partial charge in [0.2, 0.25) is 0 Å². The van der Waals surface area contributed by atoms with Crippen molar-refractivity contribution in [3.63, 3.8) is 0 Å². The molecule has 0 amide bonds. The Labute approximate surface area is 75.3 Å². The van der Waals surface area contributed by atoms with Crippen molar-refractivity contribution in [2.24, 2.45) is 11.8 Å². The van der Waals surface area contributed by atoms with Crippen LogP contribution in [0.4, 0.5) is 4.39 Å². The van der Waals surface area contributed by atoms with Gasteiger partial charge in [0, 0.05) is 4.48 Å². The monoisotopic (exact) mass is 218 g/mol. The highest BCUT2D eigenvalue weighted by atomic mass is 79.9. The van der Waals surface area contributed by atoms with Crippen LogP contribution in [0.5, 0.6) is 0 Å². The number of allylic oxidation sites excluding steroid dienone is 4. The van der Waals surface area contributed by atoms with Gasteiger partial charge in [-0.05, 0) is 30.4 Å². The molecule has 0 saturated heterocycles. The van der Waals surface area contributed by atoms with Crippen LogP contribution in [0.15, 0.2) is 22.5 Å². The molecule has 0 saturated carbocycles. The van der Waals surface area contributed by atoms with Gasteiger partial charge >= 0.3 is 0 Å². The molecular weight excluding hydrogens is 207 g/mol. The summed E-state index contributed by atoms with van der Waals surface area (Å²) in [5.74, 6) is 0.924. The molecule has 11 heavy (non-hydrogen) atoms. The Morgan fingerprint density at radius 2 is 2.27 bits per heavy atom. The van der Waals surface area contributed by atoms with E-state index in [2.05, 4.69) is 29.8 Å². The summed E-state index contributed by atoms with van der Waals surface area (Å²) in [4.78, 5) is 0. The van der Waals surface area contributed by atoms with E-state index >= 15 is 0 Å². The van der Waals surface area contributed by atoms with E-state index in [0.29, 0.717) is 11.8 Å². The normalized spacial score (nSPS) is 25.0. The molecule has 0 N–H and O–H groups in total. The summed E-state index contributed by atoms with van der Waals surface area (Å²) in [5.41, 5.74) is 0. The van der Waals surface area contributed by atoms with Crippen LogP contribution < -0.4 is 0 Å². The van der Waals surface area contributed by atoms with Crippen LogP contribution in [0.2, 0.25) is 0 Å². The van der Waals surface area contributed by atoms with E-state index < -0.39 is 0 Å². The third kappa shape index (κ3) is 2.16. The molecule has 2 heteroatoms. The molecule has 62 valence electrons. The van der Waals surface area contributed by atoms with Crippen LogP contribution in [0, 0.1) is 11.8 Å². The standard InChI is InChI=1S/C9H12BrF/c1-6(2)8-4-3-7(11)5-9(8)10/h3,5-6,8H,4H2,1-2H3. The first-order valence-corrected chi connectivity index (χ1v) is 4.63. The van der Waals surface area contributed by atoms with E-state index in [0.717, 1.165) is 10.9 Å². The minimum atomic E-state index is -0.117. The summed E-state index contributed by atoms with van der Waals surface area (Å²) >= 11 is 3.38. The van der Waals surface area contributed by atoms with Crippen LogP contribution in [-0.4, -0.2) is 0 Å². The lowest BCUT2D eigenvalue weighted by atomic mass is 9.89. The molecule has 0 bridgehead atoms. The lowest BCUT2D eigenvalue weighted by Gasteiger charge is -2.21. The van der Waals surface area contributed by atoms with Crippen LogP contribution in [0.1, 0.15) is 20.3 Å². The summed E-state index contributed by atoms with van der Waals surface area (Å²) < 4.78 is 13.6. The van der Waals surface area contributed by atoms with E-state index in [1.54, 1.807) is 12.2 Å². The Hall–Kier alpha value is -0.110. The van der Waals surface area contributed by atoms with Gasteiger partial charge in [0.1, 0.15) is 5.83 Å². The van der Waals surface area contributed by atoms with Crippen LogP contribution >= 0.6 is 15.9 Å². The van der Waals surface area contributed by atoms with Gasteiger partial charge in [-0.15, -0.1) is 0 Å². The maximum atomic E-state index is 12.6. The number of hydrogen-bond acceptors (Lipinski definition) is 0. The van der Waals surface area contributed by atoms with Gasteiger partial charge in [-0.25, -0.2) is 4.39 Å². The summed E-state index contributed by atoms with van der Waals surface area (Å²) in [5, 5.41) is 0. The summed E-state index contributed by atoms with van der Waals surface area (Å²) in [7, 11) is 0. The first-order valence-electron chi connectivity index (χ1n) is 3.84. The molecule has 1 rings (SSSR count). The van der Waals surface area contributed by atoms with Gasteiger partial charge in [0.05, 0.1) is 0 Å². The smallest absolute Gasteiger partial charge is 0.120 e. The SMILES string of the molecule is CC(C)C1CC=C(F)C=C1Br. The van der Waals surface area contributed by atoms with Crippen molar-refractivity contribution in [2.45, 2.75) is 20.3 Å². The van der Waals surface area contributed by atoms with E-state index in [-0.39, 0.29) is 5.83 Å². The first kappa shape index (κ1) is 8.98. The van der Waals surface area contributed by atoms with E-state index in [1.165, 1.54) is 0 Å². The van der Waals surface area contributed by atoms with Crippen LogP contribution in [0.3, 0.4) is 0 Å². The minimum absolute atomic E-state index is 0.117. The molecule has 1 unspecified atom stereocenters. The van der Waals surface area contributed by atoms with Gasteiger partial charge in [-0.1, -0.05) is 29.8 Å². The number of hydrogen-bond donors (Lipinski definition) is 0. The van der Waals surface area contributed by atoms with E-state index in [9.17, 15) is 4.39 Å². The molecule has 0 aromatic carbocycles. The fourth-order valence-electron chi connectivity index (χ4n) is 1.24. The Morgan fingerprint density at radius 3 is 2.73 bits per heavy atom. The Bertz CT molecular complexity index is 204. The zero-order valence-electron chi connectivity index (χ0n) is 6.77. The lowest BCUT2D eigenvalue weighted by molar-refractivity contribution is 0.453. The maximum absolute atomic E-state index is 12.6. The Kier molecular flexibility index (Phi) is 2.88. The van der Waals surface area contributed by atoms with Gasteiger partial charge in [0.15, 0.2) is 0 Å². The molecule has 0 aromatic rings. The van der Waals surface area contributed by atoms with E-state index in [1.807, 2.05) is 0 Å². The average Bonchev–Trinajstić information content (AvgIpc) is 1.85. The highest BCUT2D eigenvalue weighted by molar-refractivity contribution is 9.11. The van der Waals surface area contributed by atoms with E-state index in [4.69, 9.17) is 0 Å². The summed E-state index contributed by atoms with van der Waals surface area (Å²) in [6.45, 7) is 4.30. The molecule has 1 aliphatic carbocycles. The van der Waals surface area contributed by atoms with Crippen molar-refractivity contribution < 1.29 is 4.39 Å². The number of rotatable bonds is 1. The van der Waals surface area contributed by atoms with Gasteiger partial charge in [-0.3, -0.25) is 0 Å². The Balaban J connectivity index is 2.72. The molecule has 0 fully saturated rings. The topological polar surface area (TPSA) is 0 Å². The second-order valence-electron chi connectivity index (χ2n) is 3.20. The molecular formula is C9H12BrF. The van der Waals surface area contributed by atoms with Crippen molar-refractivity contribution in [1.82, 2.24) is 0 Å². The second-order valence-corrected chi connectivity index (χ2v) is 4.12. The van der Waals surface area contributed by atoms with Crippen molar-refractivity contribution in [3.05, 3.63) is 22.5 Å². The highest BCUT2D eigenvalue weighted by Crippen LogP contribution is 2.33. The van der Waals surface area contributed by atoms with Gasteiger partial charge in [0.25, 0.3) is 0 Å². The summed E-state index contributed by atoms with van der Waals surface area (Å²) in [6.07, 6.45) is 4.03. The average molecular weight is 219 g/mol. The van der Waals surface area contributed by atoms with Crippen molar-refractivity contribution in [2.75, 3.05) is 0 Å². The third-order valence-corrected chi connectivity index (χ3v) is 2.82. The molecule has 0 aromatic heterocycles. The molecule has 0 heterocycles. The molecule has 0 nitrogen and oxygen atoms in total. The molecule has 0 spiro atoms. The molecule has 1 atom stereocenters. The third-order valence-electron chi connectivity index (χ3n) is 2.00. The van der Waals surface area contributed by atoms with Crippen molar-refractivity contribution >= 4 is 15.9 Å². The molecule has 1 aliphatic rings. The fraction of sp³-hybridized carbons (Fsp3) is 0.556. The minimum Gasteiger partial charge on any atom is -0.207 e.